The highest BCUT2D eigenvalue weighted by molar-refractivity contribution is 9.10. The zero-order valence-corrected chi connectivity index (χ0v) is 10.7. The topological polar surface area (TPSA) is 20.2 Å². The fourth-order valence-electron chi connectivity index (χ4n) is 1.90. The van der Waals surface area contributed by atoms with E-state index in [4.69, 9.17) is 5.11 Å². The quantitative estimate of drug-likeness (QED) is 0.887. The molecule has 0 heterocycles. The fraction of sp³-hybridized carbons (Fsp3) is 0.538. The number of aryl methyl sites for hydroxylation is 1. The van der Waals surface area contributed by atoms with Gasteiger partial charge in [0, 0.05) is 11.1 Å². The summed E-state index contributed by atoms with van der Waals surface area (Å²) in [6.07, 6.45) is 4.44. The van der Waals surface area contributed by atoms with Gasteiger partial charge >= 0.3 is 0 Å². The highest BCUT2D eigenvalue weighted by Crippen LogP contribution is 2.48. The summed E-state index contributed by atoms with van der Waals surface area (Å²) < 4.78 is 1.17. The summed E-state index contributed by atoms with van der Waals surface area (Å²) in [7, 11) is 0. The Labute approximate surface area is 99.6 Å². The summed E-state index contributed by atoms with van der Waals surface area (Å²) in [5.41, 5.74) is 3.21. The first kappa shape index (κ1) is 11.2. The van der Waals surface area contributed by atoms with Crippen LogP contribution in [0.5, 0.6) is 0 Å². The average molecular weight is 269 g/mol. The normalized spacial score (nSPS) is 17.8. The van der Waals surface area contributed by atoms with Crippen molar-refractivity contribution in [3.63, 3.8) is 0 Å². The Morgan fingerprint density at radius 1 is 1.33 bits per heavy atom. The molecular weight excluding hydrogens is 252 g/mol. The molecule has 0 aromatic heterocycles. The molecule has 1 aliphatic rings. The molecule has 1 aliphatic carbocycles. The Kier molecular flexibility index (Phi) is 3.17. The average Bonchev–Trinajstić information content (AvgIpc) is 2.94. The Bertz CT molecular complexity index is 356. The predicted molar refractivity (Wildman–Crippen MR) is 66.1 cm³/mol. The van der Waals surface area contributed by atoms with Gasteiger partial charge in [-0.2, -0.15) is 0 Å². The lowest BCUT2D eigenvalue weighted by atomic mass is 9.95. The van der Waals surface area contributed by atoms with E-state index < -0.39 is 0 Å². The van der Waals surface area contributed by atoms with Crippen LogP contribution >= 0.6 is 15.9 Å². The Hall–Kier alpha value is -0.340. The van der Waals surface area contributed by atoms with Crippen LogP contribution < -0.4 is 0 Å². The van der Waals surface area contributed by atoms with Crippen LogP contribution in [0, 0.1) is 0 Å². The zero-order valence-electron chi connectivity index (χ0n) is 9.09. The first-order valence-electron chi connectivity index (χ1n) is 5.55. The number of hydrogen-bond donors (Lipinski definition) is 1. The van der Waals surface area contributed by atoms with Gasteiger partial charge in [-0.3, -0.25) is 0 Å². The van der Waals surface area contributed by atoms with Crippen LogP contribution in [0.1, 0.15) is 37.3 Å². The molecular formula is C13H17BrO. The number of rotatable bonds is 4. The molecule has 82 valence electrons. The number of halogens is 1. The van der Waals surface area contributed by atoms with E-state index in [0.29, 0.717) is 5.41 Å². The smallest absolute Gasteiger partial charge is 0.0434 e. The van der Waals surface area contributed by atoms with Crippen molar-refractivity contribution < 1.29 is 5.11 Å². The first-order chi connectivity index (χ1) is 7.14. The summed E-state index contributed by atoms with van der Waals surface area (Å²) in [4.78, 5) is 0. The van der Waals surface area contributed by atoms with Gasteiger partial charge in [0.15, 0.2) is 0 Å². The molecule has 0 bridgehead atoms. The molecule has 1 aromatic rings. The molecule has 1 N–H and O–H groups in total. The van der Waals surface area contributed by atoms with Crippen molar-refractivity contribution in [2.24, 2.45) is 0 Å². The molecule has 0 saturated heterocycles. The van der Waals surface area contributed by atoms with Crippen LogP contribution in [-0.2, 0) is 11.8 Å². The van der Waals surface area contributed by atoms with Gasteiger partial charge in [0.1, 0.15) is 0 Å². The van der Waals surface area contributed by atoms with Gasteiger partial charge in [0.25, 0.3) is 0 Å². The minimum absolute atomic E-state index is 0.277. The van der Waals surface area contributed by atoms with E-state index in [1.807, 2.05) is 0 Å². The minimum Gasteiger partial charge on any atom is -0.396 e. The summed E-state index contributed by atoms with van der Waals surface area (Å²) in [5, 5.41) is 8.83. The molecule has 1 aromatic carbocycles. The molecule has 1 fully saturated rings. The second kappa shape index (κ2) is 4.26. The third kappa shape index (κ3) is 2.61. The van der Waals surface area contributed by atoms with Gasteiger partial charge in [-0.15, -0.1) is 0 Å². The lowest BCUT2D eigenvalue weighted by Crippen LogP contribution is -2.01. The van der Waals surface area contributed by atoms with Crippen molar-refractivity contribution in [1.29, 1.82) is 0 Å². The van der Waals surface area contributed by atoms with Gasteiger partial charge in [-0.1, -0.05) is 28.9 Å². The van der Waals surface area contributed by atoms with E-state index in [1.165, 1.54) is 28.4 Å². The molecule has 1 saturated carbocycles. The summed E-state index contributed by atoms with van der Waals surface area (Å²) >= 11 is 3.56. The van der Waals surface area contributed by atoms with Gasteiger partial charge in [-0.25, -0.2) is 0 Å². The molecule has 2 heteroatoms. The maximum atomic E-state index is 8.83. The number of hydrogen-bond acceptors (Lipinski definition) is 1. The van der Waals surface area contributed by atoms with Crippen LogP contribution in [0.15, 0.2) is 22.7 Å². The summed E-state index contributed by atoms with van der Waals surface area (Å²) in [6, 6.07) is 6.69. The van der Waals surface area contributed by atoms with Crippen molar-refractivity contribution in [2.75, 3.05) is 6.61 Å². The van der Waals surface area contributed by atoms with Crippen molar-refractivity contribution >= 4 is 15.9 Å². The SMILES string of the molecule is CC1(c2cc(Br)cc(CCCO)c2)CC1. The second-order valence-corrected chi connectivity index (χ2v) is 5.65. The molecule has 0 atom stereocenters. The Balaban J connectivity index is 2.21. The maximum absolute atomic E-state index is 8.83. The van der Waals surface area contributed by atoms with Gasteiger partial charge in [0.05, 0.1) is 0 Å². The standard InChI is InChI=1S/C13H17BrO/c1-13(4-5-13)11-7-10(3-2-6-15)8-12(14)9-11/h7-9,15H,2-6H2,1H3. The third-order valence-electron chi connectivity index (χ3n) is 3.28. The van der Waals surface area contributed by atoms with Gasteiger partial charge in [-0.05, 0) is 54.4 Å². The lowest BCUT2D eigenvalue weighted by Gasteiger charge is -2.11. The number of benzene rings is 1. The Morgan fingerprint density at radius 2 is 2.07 bits per heavy atom. The summed E-state index contributed by atoms with van der Waals surface area (Å²) in [5.74, 6) is 0. The molecule has 0 radical (unpaired) electrons. The van der Waals surface area contributed by atoms with Crippen molar-refractivity contribution in [3.05, 3.63) is 33.8 Å². The van der Waals surface area contributed by atoms with Crippen molar-refractivity contribution in [2.45, 2.75) is 38.0 Å². The summed E-state index contributed by atoms with van der Waals surface area (Å²) in [6.45, 7) is 2.60. The van der Waals surface area contributed by atoms with E-state index in [9.17, 15) is 0 Å². The third-order valence-corrected chi connectivity index (χ3v) is 3.74. The van der Waals surface area contributed by atoms with Crippen LogP contribution in [0.4, 0.5) is 0 Å². The zero-order chi connectivity index (χ0) is 10.9. The van der Waals surface area contributed by atoms with Crippen molar-refractivity contribution in [1.82, 2.24) is 0 Å². The van der Waals surface area contributed by atoms with E-state index >= 15 is 0 Å². The largest absolute Gasteiger partial charge is 0.396 e. The van der Waals surface area contributed by atoms with Gasteiger partial charge in [0.2, 0.25) is 0 Å². The van der Waals surface area contributed by atoms with E-state index in [0.717, 1.165) is 12.8 Å². The number of aliphatic hydroxyl groups is 1. The molecule has 0 aliphatic heterocycles. The first-order valence-corrected chi connectivity index (χ1v) is 6.34. The molecule has 0 spiro atoms. The van der Waals surface area contributed by atoms with Crippen LogP contribution in [0.25, 0.3) is 0 Å². The van der Waals surface area contributed by atoms with E-state index in [-0.39, 0.29) is 6.61 Å². The van der Waals surface area contributed by atoms with Crippen LogP contribution in [-0.4, -0.2) is 11.7 Å². The maximum Gasteiger partial charge on any atom is 0.0434 e. The van der Waals surface area contributed by atoms with E-state index in [2.05, 4.69) is 41.1 Å². The fourth-order valence-corrected chi connectivity index (χ4v) is 2.44. The number of aliphatic hydroxyl groups excluding tert-OH is 1. The van der Waals surface area contributed by atoms with Crippen LogP contribution in [0.2, 0.25) is 0 Å². The van der Waals surface area contributed by atoms with Crippen LogP contribution in [0.3, 0.4) is 0 Å². The monoisotopic (exact) mass is 268 g/mol. The van der Waals surface area contributed by atoms with E-state index in [1.54, 1.807) is 0 Å². The molecule has 2 rings (SSSR count). The highest BCUT2D eigenvalue weighted by atomic mass is 79.9. The molecule has 1 nitrogen and oxygen atoms in total. The molecule has 15 heavy (non-hydrogen) atoms. The minimum atomic E-state index is 0.277. The highest BCUT2D eigenvalue weighted by Gasteiger charge is 2.39. The predicted octanol–water partition coefficient (Wildman–Crippen LogP) is 3.43. The molecule has 0 amide bonds. The van der Waals surface area contributed by atoms with Crippen molar-refractivity contribution in [3.8, 4) is 0 Å². The molecule has 0 unspecified atom stereocenters. The lowest BCUT2D eigenvalue weighted by molar-refractivity contribution is 0.288. The second-order valence-electron chi connectivity index (χ2n) is 4.74. The Morgan fingerprint density at radius 3 is 2.67 bits per heavy atom. The van der Waals surface area contributed by atoms with Gasteiger partial charge < -0.3 is 5.11 Å².